The molecule has 1 aromatic carbocycles. The maximum atomic E-state index is 14.4. The Morgan fingerprint density at radius 2 is 1.47 bits per heavy atom. The van der Waals surface area contributed by atoms with Gasteiger partial charge in [-0.05, 0) is 68.2 Å². The third-order valence-electron chi connectivity index (χ3n) is 9.81. The molecule has 0 radical (unpaired) electrons. The highest BCUT2D eigenvalue weighted by atomic mass is 16.6. The van der Waals surface area contributed by atoms with Crippen molar-refractivity contribution in [2.45, 2.75) is 129 Å². The molecule has 282 valence electrons. The lowest BCUT2D eigenvalue weighted by Crippen LogP contribution is -2.61. The normalized spacial score (nSPS) is 21.9. The second-order valence-corrected chi connectivity index (χ2v) is 16.1. The average Bonchev–Trinajstić information content (AvgIpc) is 3.60. The average molecular weight is 715 g/mol. The van der Waals surface area contributed by atoms with Gasteiger partial charge in [-0.1, -0.05) is 40.0 Å². The molecule has 4 atom stereocenters. The van der Waals surface area contributed by atoms with Crippen molar-refractivity contribution in [3.05, 3.63) is 23.3 Å². The van der Waals surface area contributed by atoms with E-state index in [1.165, 1.54) is 12.0 Å². The van der Waals surface area contributed by atoms with Crippen LogP contribution in [0.15, 0.2) is 12.1 Å². The Kier molecular flexibility index (Phi) is 11.6. The van der Waals surface area contributed by atoms with Gasteiger partial charge in [0.2, 0.25) is 11.8 Å². The monoisotopic (exact) mass is 714 g/mol. The molecule has 14 heteroatoms. The molecule has 51 heavy (non-hydrogen) atoms. The number of amides is 4. The predicted molar refractivity (Wildman–Crippen MR) is 185 cm³/mol. The van der Waals surface area contributed by atoms with Gasteiger partial charge in [0.1, 0.15) is 29.8 Å². The van der Waals surface area contributed by atoms with Gasteiger partial charge in [-0.2, -0.15) is 0 Å². The number of methoxy groups -OCH3 is 1. The van der Waals surface area contributed by atoms with E-state index < -0.39 is 65.2 Å². The van der Waals surface area contributed by atoms with Gasteiger partial charge in [-0.3, -0.25) is 14.5 Å². The van der Waals surface area contributed by atoms with Crippen LogP contribution in [0.4, 0.5) is 9.59 Å². The standard InChI is InChI=1S/C37H54N4O10/c1-36(2,3)30(39-31(42)29(22-12-9-8-10-13-22)38-34(45)51-37(4,5)6)32(43)41-21-25(18-26(41)33(44)47-7)50-35(46)40-19-23-16-27-28(17-24(23)20-40)49-15-11-14-48-27/h16-17,22,25-26,29-30H,8-15,18-21H2,1-7H3,(H,38,45)(H,39,42)/t25-,26+,29+,30-/m1/s1. The van der Waals surface area contributed by atoms with Crippen LogP contribution in [0.3, 0.4) is 0 Å². The summed E-state index contributed by atoms with van der Waals surface area (Å²) in [6.07, 6.45) is 3.15. The summed E-state index contributed by atoms with van der Waals surface area (Å²) < 4.78 is 28.1. The highest BCUT2D eigenvalue weighted by molar-refractivity contribution is 5.94. The lowest BCUT2D eigenvalue weighted by molar-refractivity contribution is -0.153. The molecule has 0 unspecified atom stereocenters. The number of carbonyl (C=O) groups is 5. The van der Waals surface area contributed by atoms with Gasteiger partial charge in [0, 0.05) is 25.9 Å². The number of hydrogen-bond acceptors (Lipinski definition) is 10. The van der Waals surface area contributed by atoms with E-state index in [9.17, 15) is 24.0 Å². The number of ether oxygens (including phenoxy) is 5. The van der Waals surface area contributed by atoms with Crippen LogP contribution in [0.1, 0.15) is 97.6 Å². The molecule has 14 nitrogen and oxygen atoms in total. The van der Waals surface area contributed by atoms with E-state index in [0.29, 0.717) is 37.8 Å². The number of rotatable bonds is 7. The fraction of sp³-hybridized carbons (Fsp3) is 0.703. The van der Waals surface area contributed by atoms with E-state index in [1.54, 1.807) is 25.7 Å². The zero-order chi connectivity index (χ0) is 37.1. The van der Waals surface area contributed by atoms with Crippen LogP contribution in [0, 0.1) is 11.3 Å². The van der Waals surface area contributed by atoms with Gasteiger partial charge >= 0.3 is 18.2 Å². The first-order valence-corrected chi connectivity index (χ1v) is 18.1. The summed E-state index contributed by atoms with van der Waals surface area (Å²) in [6.45, 7) is 12.4. The number of alkyl carbamates (subject to hydrolysis) is 1. The maximum Gasteiger partial charge on any atom is 0.410 e. The second kappa shape index (κ2) is 15.6. The van der Waals surface area contributed by atoms with Gasteiger partial charge in [0.15, 0.2) is 11.5 Å². The van der Waals surface area contributed by atoms with Crippen molar-refractivity contribution in [1.29, 1.82) is 0 Å². The molecule has 1 saturated carbocycles. The summed E-state index contributed by atoms with van der Waals surface area (Å²) in [5.74, 6) is -0.495. The molecule has 4 aliphatic rings. The zero-order valence-electron chi connectivity index (χ0n) is 31.0. The van der Waals surface area contributed by atoms with E-state index >= 15 is 0 Å². The van der Waals surface area contributed by atoms with Crippen LogP contribution in [0.5, 0.6) is 11.5 Å². The quantitative estimate of drug-likeness (QED) is 0.305. The molecule has 3 aliphatic heterocycles. The molecular formula is C37H54N4O10. The molecule has 2 fully saturated rings. The molecule has 0 aromatic heterocycles. The number of nitrogens with one attached hydrogen (secondary N) is 2. The minimum atomic E-state index is -1.08. The van der Waals surface area contributed by atoms with Gasteiger partial charge in [0.05, 0.1) is 26.9 Å². The highest BCUT2D eigenvalue weighted by Crippen LogP contribution is 2.37. The van der Waals surface area contributed by atoms with Crippen molar-refractivity contribution in [3.8, 4) is 11.5 Å². The topological polar surface area (TPSA) is 162 Å². The predicted octanol–water partition coefficient (Wildman–Crippen LogP) is 4.45. The summed E-state index contributed by atoms with van der Waals surface area (Å²) in [6, 6.07) is 0.770. The molecule has 1 saturated heterocycles. The lowest BCUT2D eigenvalue weighted by atomic mass is 9.82. The largest absolute Gasteiger partial charge is 0.490 e. The van der Waals surface area contributed by atoms with E-state index in [4.69, 9.17) is 23.7 Å². The minimum absolute atomic E-state index is 0.0383. The van der Waals surface area contributed by atoms with Gasteiger partial charge in [-0.25, -0.2) is 14.4 Å². The number of likely N-dealkylation sites (tertiary alicyclic amines) is 1. The third kappa shape index (κ3) is 9.36. The number of hydrogen-bond donors (Lipinski definition) is 2. The van der Waals surface area contributed by atoms with Crippen LogP contribution in [0.2, 0.25) is 0 Å². The smallest absolute Gasteiger partial charge is 0.410 e. The lowest BCUT2D eigenvalue weighted by Gasteiger charge is -2.37. The molecule has 5 rings (SSSR count). The number of esters is 1. The van der Waals surface area contributed by atoms with E-state index in [-0.39, 0.29) is 18.9 Å². The number of fused-ring (bicyclic) bond motifs is 2. The summed E-state index contributed by atoms with van der Waals surface area (Å²) in [4.78, 5) is 70.6. The van der Waals surface area contributed by atoms with Gasteiger partial charge < -0.3 is 39.2 Å². The second-order valence-electron chi connectivity index (χ2n) is 16.1. The zero-order valence-corrected chi connectivity index (χ0v) is 31.0. The minimum Gasteiger partial charge on any atom is -0.490 e. The molecule has 0 bridgehead atoms. The van der Waals surface area contributed by atoms with Gasteiger partial charge in [0.25, 0.3) is 0 Å². The SMILES string of the molecule is COC(=O)[C@@H]1C[C@@H](OC(=O)N2Cc3cc4c(cc3C2)OCCCO4)CN1C(=O)[C@@H](NC(=O)[C@@H](NC(=O)OC(C)(C)C)C1CCCCC1)C(C)(C)C. The highest BCUT2D eigenvalue weighted by Gasteiger charge is 2.48. The Morgan fingerprint density at radius 3 is 2.02 bits per heavy atom. The summed E-state index contributed by atoms with van der Waals surface area (Å²) in [7, 11) is 1.24. The van der Waals surface area contributed by atoms with Crippen molar-refractivity contribution in [3.63, 3.8) is 0 Å². The van der Waals surface area contributed by atoms with Crippen molar-refractivity contribution in [1.82, 2.24) is 20.4 Å². The van der Waals surface area contributed by atoms with Crippen LogP contribution < -0.4 is 20.1 Å². The van der Waals surface area contributed by atoms with Crippen molar-refractivity contribution in [2.75, 3.05) is 26.9 Å². The molecule has 1 aliphatic carbocycles. The van der Waals surface area contributed by atoms with Crippen molar-refractivity contribution < 1.29 is 47.7 Å². The fourth-order valence-corrected chi connectivity index (χ4v) is 7.23. The van der Waals surface area contributed by atoms with Crippen molar-refractivity contribution >= 4 is 30.0 Å². The summed E-state index contributed by atoms with van der Waals surface area (Å²) >= 11 is 0. The first-order valence-electron chi connectivity index (χ1n) is 18.1. The Morgan fingerprint density at radius 1 is 0.863 bits per heavy atom. The van der Waals surface area contributed by atoms with Crippen molar-refractivity contribution in [2.24, 2.45) is 11.3 Å². The molecule has 2 N–H and O–H groups in total. The van der Waals surface area contributed by atoms with Crippen LogP contribution >= 0.6 is 0 Å². The third-order valence-corrected chi connectivity index (χ3v) is 9.81. The Hall–Kier alpha value is -4.23. The first kappa shape index (κ1) is 38.0. The van der Waals surface area contributed by atoms with E-state index in [2.05, 4.69) is 10.6 Å². The Balaban J connectivity index is 1.29. The van der Waals surface area contributed by atoms with E-state index in [0.717, 1.165) is 49.7 Å². The Labute approximate surface area is 300 Å². The van der Waals surface area contributed by atoms with E-state index in [1.807, 2.05) is 32.9 Å². The molecule has 1 aromatic rings. The number of benzene rings is 1. The van der Waals surface area contributed by atoms with Crippen LogP contribution in [-0.2, 0) is 41.7 Å². The first-order chi connectivity index (χ1) is 24.0. The van der Waals surface area contributed by atoms with Crippen LogP contribution in [0.25, 0.3) is 0 Å². The summed E-state index contributed by atoms with van der Waals surface area (Å²) in [5.41, 5.74) is 0.312. The number of carbonyl (C=O) groups excluding carboxylic acids is 5. The molecular weight excluding hydrogens is 660 g/mol. The number of nitrogens with zero attached hydrogens (tertiary/aromatic N) is 2. The Bertz CT molecular complexity index is 1440. The molecule has 4 amide bonds. The van der Waals surface area contributed by atoms with Crippen LogP contribution in [-0.4, -0.2) is 96.5 Å². The fourth-order valence-electron chi connectivity index (χ4n) is 7.23. The molecule has 0 spiro atoms. The van der Waals surface area contributed by atoms with Gasteiger partial charge in [-0.15, -0.1) is 0 Å². The molecule has 3 heterocycles. The maximum absolute atomic E-state index is 14.4. The summed E-state index contributed by atoms with van der Waals surface area (Å²) in [5, 5.41) is 5.70.